The Kier molecular flexibility index (Phi) is 4.05. The molecule has 0 amide bonds. The summed E-state index contributed by atoms with van der Waals surface area (Å²) in [6, 6.07) is 1.80. The van der Waals surface area contributed by atoms with E-state index in [-0.39, 0.29) is 17.5 Å². The Balaban J connectivity index is 3.14. The smallest absolute Gasteiger partial charge is 0.162 e. The van der Waals surface area contributed by atoms with Crippen LogP contribution in [0.2, 0.25) is 0 Å². The Bertz CT molecular complexity index is 451. The van der Waals surface area contributed by atoms with E-state index in [1.54, 1.807) is 0 Å². The molecule has 0 aliphatic rings. The summed E-state index contributed by atoms with van der Waals surface area (Å²) in [4.78, 5) is 21.1. The molecule has 0 fully saturated rings. The van der Waals surface area contributed by atoms with E-state index in [1.165, 1.54) is 19.1 Å². The zero-order valence-corrected chi connectivity index (χ0v) is 8.67. The zero-order valence-electron chi connectivity index (χ0n) is 8.67. The van der Waals surface area contributed by atoms with Gasteiger partial charge in [0, 0.05) is 18.1 Å². The summed E-state index contributed by atoms with van der Waals surface area (Å²) in [7, 11) is 0. The van der Waals surface area contributed by atoms with Crippen LogP contribution in [-0.4, -0.2) is 12.1 Å². The molecular weight excluding hydrogens is 214 g/mol. The highest BCUT2D eigenvalue weighted by Gasteiger charge is 2.11. The first-order valence-corrected chi connectivity index (χ1v) is 4.66. The lowest BCUT2D eigenvalue weighted by molar-refractivity contribution is -0.107. The van der Waals surface area contributed by atoms with Gasteiger partial charge in [-0.05, 0) is 13.0 Å². The molecular formula is C12H10F2O2. The van der Waals surface area contributed by atoms with Crippen molar-refractivity contribution in [1.82, 2.24) is 0 Å². The molecule has 16 heavy (non-hydrogen) atoms. The average molecular weight is 224 g/mol. The second-order valence-electron chi connectivity index (χ2n) is 3.21. The van der Waals surface area contributed by atoms with Crippen molar-refractivity contribution in [3.8, 4) is 0 Å². The van der Waals surface area contributed by atoms with E-state index in [2.05, 4.69) is 0 Å². The summed E-state index contributed by atoms with van der Waals surface area (Å²) in [6.45, 7) is 1.20. The van der Waals surface area contributed by atoms with Gasteiger partial charge in [0.15, 0.2) is 5.78 Å². The van der Waals surface area contributed by atoms with Crippen molar-refractivity contribution in [2.45, 2.75) is 13.3 Å². The number of aldehydes is 1. The molecule has 1 aromatic rings. The number of Topliss-reactive ketones (excluding diaryl/α,β-unsaturated/α-hetero) is 1. The van der Waals surface area contributed by atoms with Gasteiger partial charge in [0.2, 0.25) is 0 Å². The number of rotatable bonds is 4. The Labute approximate surface area is 91.6 Å². The molecule has 2 nitrogen and oxygen atoms in total. The largest absolute Gasteiger partial charge is 0.303 e. The molecule has 0 spiro atoms. The van der Waals surface area contributed by atoms with Crippen LogP contribution in [0.25, 0.3) is 6.08 Å². The molecule has 0 atom stereocenters. The Hall–Kier alpha value is -1.84. The summed E-state index contributed by atoms with van der Waals surface area (Å²) in [5, 5.41) is 0. The van der Waals surface area contributed by atoms with E-state index < -0.39 is 17.4 Å². The first-order valence-electron chi connectivity index (χ1n) is 4.66. The third-order valence-electron chi connectivity index (χ3n) is 2.00. The molecule has 0 aliphatic carbocycles. The molecule has 4 heteroatoms. The summed E-state index contributed by atoms with van der Waals surface area (Å²) in [5.74, 6) is -2.11. The van der Waals surface area contributed by atoms with Crippen molar-refractivity contribution in [2.24, 2.45) is 0 Å². The van der Waals surface area contributed by atoms with Gasteiger partial charge in [0.1, 0.15) is 17.9 Å². The number of carbonyl (C=O) groups is 2. The van der Waals surface area contributed by atoms with Crippen LogP contribution >= 0.6 is 0 Å². The summed E-state index contributed by atoms with van der Waals surface area (Å²) in [6.07, 6.45) is 3.58. The van der Waals surface area contributed by atoms with Crippen molar-refractivity contribution in [3.63, 3.8) is 0 Å². The minimum Gasteiger partial charge on any atom is -0.303 e. The van der Waals surface area contributed by atoms with E-state index in [4.69, 9.17) is 0 Å². The van der Waals surface area contributed by atoms with Gasteiger partial charge in [-0.1, -0.05) is 12.2 Å². The molecule has 0 aliphatic heterocycles. The van der Waals surface area contributed by atoms with Gasteiger partial charge >= 0.3 is 0 Å². The number of benzene rings is 1. The first-order chi connectivity index (χ1) is 7.56. The van der Waals surface area contributed by atoms with Gasteiger partial charge in [0.05, 0.1) is 5.56 Å². The van der Waals surface area contributed by atoms with Gasteiger partial charge in [-0.3, -0.25) is 4.79 Å². The van der Waals surface area contributed by atoms with Crippen LogP contribution in [0.15, 0.2) is 18.2 Å². The molecule has 1 rings (SSSR count). The fourth-order valence-electron chi connectivity index (χ4n) is 1.21. The lowest BCUT2D eigenvalue weighted by Crippen LogP contribution is -1.99. The highest BCUT2D eigenvalue weighted by molar-refractivity contribution is 5.94. The van der Waals surface area contributed by atoms with E-state index in [1.807, 2.05) is 0 Å². The summed E-state index contributed by atoms with van der Waals surface area (Å²) >= 11 is 0. The van der Waals surface area contributed by atoms with E-state index >= 15 is 0 Å². The maximum atomic E-state index is 13.2. The summed E-state index contributed by atoms with van der Waals surface area (Å²) < 4.78 is 26.4. The number of carbonyl (C=O) groups excluding carboxylic acids is 2. The van der Waals surface area contributed by atoms with Crippen LogP contribution in [0, 0.1) is 11.6 Å². The second kappa shape index (κ2) is 5.30. The number of hydrogen-bond donors (Lipinski definition) is 0. The average Bonchev–Trinajstić information content (AvgIpc) is 2.21. The zero-order chi connectivity index (χ0) is 12.1. The van der Waals surface area contributed by atoms with Crippen molar-refractivity contribution >= 4 is 18.1 Å². The van der Waals surface area contributed by atoms with Crippen LogP contribution in [-0.2, 0) is 4.79 Å². The number of ketones is 1. The van der Waals surface area contributed by atoms with Crippen LogP contribution in [0.1, 0.15) is 29.3 Å². The topological polar surface area (TPSA) is 34.1 Å². The van der Waals surface area contributed by atoms with E-state index in [0.29, 0.717) is 12.4 Å². The Morgan fingerprint density at radius 3 is 2.56 bits per heavy atom. The monoisotopic (exact) mass is 224 g/mol. The van der Waals surface area contributed by atoms with Gasteiger partial charge in [0.25, 0.3) is 0 Å². The standard InChI is InChI=1S/C12H10F2O2/c1-8(16)10-6-9(4-2-3-5-15)11(13)7-12(10)14/h2,4-7H,3H2,1H3. The second-order valence-corrected chi connectivity index (χ2v) is 3.21. The lowest BCUT2D eigenvalue weighted by Gasteiger charge is -2.02. The van der Waals surface area contributed by atoms with Gasteiger partial charge in [-0.25, -0.2) is 8.78 Å². The van der Waals surface area contributed by atoms with Gasteiger partial charge in [-0.15, -0.1) is 0 Å². The normalized spacial score (nSPS) is 10.7. The molecule has 0 aromatic heterocycles. The number of allylic oxidation sites excluding steroid dienone is 1. The van der Waals surface area contributed by atoms with Crippen LogP contribution in [0.3, 0.4) is 0 Å². The fourth-order valence-corrected chi connectivity index (χ4v) is 1.21. The predicted molar refractivity (Wildman–Crippen MR) is 56.1 cm³/mol. The van der Waals surface area contributed by atoms with Crippen molar-refractivity contribution < 1.29 is 18.4 Å². The highest BCUT2D eigenvalue weighted by atomic mass is 19.1. The van der Waals surface area contributed by atoms with Crippen molar-refractivity contribution in [2.75, 3.05) is 0 Å². The Morgan fingerprint density at radius 1 is 1.31 bits per heavy atom. The molecule has 84 valence electrons. The highest BCUT2D eigenvalue weighted by Crippen LogP contribution is 2.17. The van der Waals surface area contributed by atoms with Crippen molar-refractivity contribution in [3.05, 3.63) is 41.0 Å². The molecule has 0 saturated heterocycles. The number of hydrogen-bond acceptors (Lipinski definition) is 2. The molecule has 0 radical (unpaired) electrons. The van der Waals surface area contributed by atoms with E-state index in [9.17, 15) is 18.4 Å². The molecule has 0 unspecified atom stereocenters. The van der Waals surface area contributed by atoms with Crippen LogP contribution in [0.5, 0.6) is 0 Å². The maximum absolute atomic E-state index is 13.2. The molecule has 0 heterocycles. The minimum absolute atomic E-state index is 0.0912. The third kappa shape index (κ3) is 2.82. The fraction of sp³-hybridized carbons (Fsp3) is 0.167. The molecule has 1 aromatic carbocycles. The quantitative estimate of drug-likeness (QED) is 0.582. The van der Waals surface area contributed by atoms with Gasteiger partial charge < -0.3 is 4.79 Å². The van der Waals surface area contributed by atoms with Crippen molar-refractivity contribution in [1.29, 1.82) is 0 Å². The van der Waals surface area contributed by atoms with Gasteiger partial charge in [-0.2, -0.15) is 0 Å². The molecule has 0 bridgehead atoms. The molecule has 0 N–H and O–H groups in total. The number of halogens is 2. The SMILES string of the molecule is CC(=O)c1cc(C=CCC=O)c(F)cc1F. The van der Waals surface area contributed by atoms with Crippen LogP contribution in [0.4, 0.5) is 8.78 Å². The first kappa shape index (κ1) is 12.2. The van der Waals surface area contributed by atoms with Crippen LogP contribution < -0.4 is 0 Å². The van der Waals surface area contributed by atoms with E-state index in [0.717, 1.165) is 6.07 Å². The third-order valence-corrected chi connectivity index (χ3v) is 2.00. The summed E-state index contributed by atoms with van der Waals surface area (Å²) in [5.41, 5.74) is -0.0689. The molecule has 0 saturated carbocycles. The maximum Gasteiger partial charge on any atom is 0.162 e. The predicted octanol–water partition coefficient (Wildman–Crippen LogP) is 2.77. The Morgan fingerprint density at radius 2 is 2.00 bits per heavy atom. The lowest BCUT2D eigenvalue weighted by atomic mass is 10.1. The minimum atomic E-state index is -0.877.